The van der Waals surface area contributed by atoms with E-state index in [9.17, 15) is 0 Å². The van der Waals surface area contributed by atoms with Crippen LogP contribution >= 0.6 is 0 Å². The maximum Gasteiger partial charge on any atom is 2.00 e. The van der Waals surface area contributed by atoms with E-state index in [-0.39, 0.29) is 21.7 Å². The predicted molar refractivity (Wildman–Crippen MR) is 23.3 cm³/mol. The van der Waals surface area contributed by atoms with Gasteiger partial charge >= 0.3 is 21.7 Å². The molecule has 0 aromatic rings. The average Bonchev–Trinajstić information content (AvgIpc) is 1.73. The molecular weight excluding hydrogens is 144 g/mol. The van der Waals surface area contributed by atoms with Gasteiger partial charge in [-0.2, -0.15) is 0 Å². The number of carboxylic acids is 1. The van der Waals surface area contributed by atoms with Crippen LogP contribution in [0.1, 0.15) is 0 Å². The van der Waals surface area contributed by atoms with Crippen LogP contribution in [0.25, 0.3) is 0 Å². The number of carbonyl (C=O) groups is 1. The van der Waals surface area contributed by atoms with Crippen LogP contribution in [0.15, 0.2) is 13.2 Å². The van der Waals surface area contributed by atoms with Gasteiger partial charge in [-0.25, -0.2) is 0 Å². The molecular formula is C4H7O3Ti+. The third-order valence-electron chi connectivity index (χ3n) is 0.129. The van der Waals surface area contributed by atoms with Crippen LogP contribution in [0.5, 0.6) is 0 Å². The van der Waals surface area contributed by atoms with Crippen molar-refractivity contribution >= 4 is 5.97 Å². The summed E-state index contributed by atoms with van der Waals surface area (Å²) in [7, 11) is 0. The van der Waals surface area contributed by atoms with E-state index in [1.165, 1.54) is 0 Å². The van der Waals surface area contributed by atoms with Crippen LogP contribution < -0.4 is 5.11 Å². The molecule has 0 spiro atoms. The zero-order valence-electron chi connectivity index (χ0n) is 4.39. The van der Waals surface area contributed by atoms with E-state index < -0.39 is 12.6 Å². The molecule has 3 nitrogen and oxygen atoms in total. The minimum absolute atomic E-state index is 0. The summed E-state index contributed by atoms with van der Waals surface area (Å²) in [6.07, 6.45) is 0. The summed E-state index contributed by atoms with van der Waals surface area (Å²) in [5.41, 5.74) is 0. The van der Waals surface area contributed by atoms with E-state index >= 15 is 0 Å². The van der Waals surface area contributed by atoms with E-state index in [4.69, 9.17) is 15.0 Å². The SMILES string of the molecule is C=C.O=C([O-])CO.[Ti+2]. The number of carbonyl (C=O) groups excluding carboxylic acids is 1. The number of rotatable bonds is 1. The van der Waals surface area contributed by atoms with Gasteiger partial charge < -0.3 is 15.0 Å². The molecule has 0 fully saturated rings. The molecule has 0 aromatic carbocycles. The van der Waals surface area contributed by atoms with Gasteiger partial charge in [-0.05, 0) is 0 Å². The fourth-order valence-corrected chi connectivity index (χ4v) is 0. The van der Waals surface area contributed by atoms with Crippen molar-refractivity contribution in [2.24, 2.45) is 0 Å². The number of carboxylic acid groups (broad SMARTS) is 1. The summed E-state index contributed by atoms with van der Waals surface area (Å²) in [5.74, 6) is -1.44. The number of aliphatic carboxylic acids is 1. The van der Waals surface area contributed by atoms with Crippen molar-refractivity contribution in [1.82, 2.24) is 0 Å². The molecule has 0 heterocycles. The number of aliphatic hydroxyl groups excluding tert-OH is 1. The Morgan fingerprint density at radius 3 is 1.75 bits per heavy atom. The van der Waals surface area contributed by atoms with E-state index in [1.54, 1.807) is 0 Å². The average molecular weight is 151 g/mol. The maximum absolute atomic E-state index is 9.01. The quantitative estimate of drug-likeness (QED) is 0.367. The van der Waals surface area contributed by atoms with Gasteiger partial charge in [0.25, 0.3) is 0 Å². The van der Waals surface area contributed by atoms with Crippen LogP contribution in [-0.4, -0.2) is 17.7 Å². The van der Waals surface area contributed by atoms with Crippen LogP contribution in [0.4, 0.5) is 0 Å². The van der Waals surface area contributed by atoms with Gasteiger partial charge in [0.1, 0.15) is 0 Å². The molecule has 0 aliphatic heterocycles. The summed E-state index contributed by atoms with van der Waals surface area (Å²) in [5, 5.41) is 16.5. The van der Waals surface area contributed by atoms with Crippen LogP contribution in [0.2, 0.25) is 0 Å². The largest absolute Gasteiger partial charge is 2.00 e. The Bertz CT molecular complexity index is 55.2. The smallest absolute Gasteiger partial charge is 0.548 e. The topological polar surface area (TPSA) is 60.4 Å². The van der Waals surface area contributed by atoms with Crippen molar-refractivity contribution in [2.75, 3.05) is 6.61 Å². The third-order valence-corrected chi connectivity index (χ3v) is 0.129. The van der Waals surface area contributed by atoms with Crippen molar-refractivity contribution < 1.29 is 36.7 Å². The molecule has 0 aromatic heterocycles. The first-order valence-electron chi connectivity index (χ1n) is 1.58. The van der Waals surface area contributed by atoms with Crippen molar-refractivity contribution in [2.45, 2.75) is 0 Å². The van der Waals surface area contributed by atoms with Crippen molar-refractivity contribution in [1.29, 1.82) is 0 Å². The zero-order chi connectivity index (χ0) is 6.28. The molecule has 0 saturated heterocycles. The van der Waals surface area contributed by atoms with Gasteiger partial charge in [0.15, 0.2) is 0 Å². The molecule has 1 N–H and O–H groups in total. The molecule has 0 rings (SSSR count). The first-order chi connectivity index (χ1) is 3.27. The first kappa shape index (κ1) is 15.7. The molecule has 8 heavy (non-hydrogen) atoms. The van der Waals surface area contributed by atoms with Crippen molar-refractivity contribution in [3.63, 3.8) is 0 Å². The Morgan fingerprint density at radius 1 is 1.62 bits per heavy atom. The molecule has 0 amide bonds. The van der Waals surface area contributed by atoms with E-state index in [1.807, 2.05) is 0 Å². The summed E-state index contributed by atoms with van der Waals surface area (Å²) in [4.78, 5) is 9.01. The van der Waals surface area contributed by atoms with Crippen molar-refractivity contribution in [3.05, 3.63) is 13.2 Å². The first-order valence-corrected chi connectivity index (χ1v) is 1.58. The minimum atomic E-state index is -1.44. The van der Waals surface area contributed by atoms with Crippen LogP contribution in [0.3, 0.4) is 0 Å². The van der Waals surface area contributed by atoms with Gasteiger partial charge in [-0.3, -0.25) is 0 Å². The van der Waals surface area contributed by atoms with Gasteiger partial charge in [-0.1, -0.05) is 0 Å². The Morgan fingerprint density at radius 2 is 1.75 bits per heavy atom. The van der Waals surface area contributed by atoms with Gasteiger partial charge in [0.2, 0.25) is 0 Å². The van der Waals surface area contributed by atoms with Gasteiger partial charge in [-0.15, -0.1) is 13.2 Å². The normalized spacial score (nSPS) is 5.12. The number of aliphatic hydroxyl groups is 1. The standard InChI is InChI=1S/C2H4O3.C2H4.Ti/c3-1-2(4)5;1-2;/h3H,1H2,(H,4,5);1-2H2;/q;;+2/p-1. The molecule has 0 aliphatic carbocycles. The summed E-state index contributed by atoms with van der Waals surface area (Å²) >= 11 is 0. The number of hydrogen-bond acceptors (Lipinski definition) is 3. The molecule has 0 unspecified atom stereocenters. The summed E-state index contributed by atoms with van der Waals surface area (Å²) < 4.78 is 0. The molecule has 0 atom stereocenters. The summed E-state index contributed by atoms with van der Waals surface area (Å²) in [6, 6.07) is 0. The second kappa shape index (κ2) is 15.8. The predicted octanol–water partition coefficient (Wildman–Crippen LogP) is -1.47. The Hall–Kier alpha value is -0.116. The molecule has 0 radical (unpaired) electrons. The van der Waals surface area contributed by atoms with E-state index in [2.05, 4.69) is 13.2 Å². The van der Waals surface area contributed by atoms with Crippen LogP contribution in [0, 0.1) is 0 Å². The van der Waals surface area contributed by atoms with Crippen LogP contribution in [-0.2, 0) is 26.5 Å². The monoisotopic (exact) mass is 151 g/mol. The molecule has 0 bridgehead atoms. The fourth-order valence-electron chi connectivity index (χ4n) is 0. The molecule has 0 aliphatic rings. The Labute approximate surface area is 62.9 Å². The zero-order valence-corrected chi connectivity index (χ0v) is 5.95. The minimum Gasteiger partial charge on any atom is -0.548 e. The maximum atomic E-state index is 9.01. The van der Waals surface area contributed by atoms with Crippen molar-refractivity contribution in [3.8, 4) is 0 Å². The second-order valence-electron chi connectivity index (χ2n) is 0.530. The van der Waals surface area contributed by atoms with E-state index in [0.717, 1.165) is 0 Å². The molecule has 0 saturated carbocycles. The van der Waals surface area contributed by atoms with Gasteiger partial charge in [0, 0.05) is 0 Å². The van der Waals surface area contributed by atoms with Gasteiger partial charge in [0.05, 0.1) is 12.6 Å². The van der Waals surface area contributed by atoms with E-state index in [0.29, 0.717) is 0 Å². The molecule has 4 heteroatoms. The third kappa shape index (κ3) is 39.5. The summed E-state index contributed by atoms with van der Waals surface area (Å²) in [6.45, 7) is 5.11. The Kier molecular flexibility index (Phi) is 30.9. The second-order valence-corrected chi connectivity index (χ2v) is 0.530. The Balaban J connectivity index is -0.0000000750. The number of hydrogen-bond donors (Lipinski definition) is 1. The fraction of sp³-hybridized carbons (Fsp3) is 0.250. The molecule has 44 valence electrons.